The standard InChI is InChI=1S/C23H26Cl3N7O2/c24-13-9-16(25)19(17(26)10-13)31-23-30-18-11-28-22(29-14-5-7-35-8-6-14)32-21(18)33(23)15-3-1-12(2-4-15)20(27)34/h9-12,14-15H,1-8H2,(H2,27,34)(H,30,31)(H,28,29,32)/t12-,15-. The smallest absolute Gasteiger partial charge is 0.224 e. The van der Waals surface area contributed by atoms with Gasteiger partial charge in [0, 0.05) is 36.2 Å². The Kier molecular flexibility index (Phi) is 7.20. The van der Waals surface area contributed by atoms with Gasteiger partial charge in [0.1, 0.15) is 5.52 Å². The van der Waals surface area contributed by atoms with Crippen LogP contribution in [0.3, 0.4) is 0 Å². The number of carbonyl (C=O) groups is 1. The fourth-order valence-corrected chi connectivity index (χ4v) is 5.72. The molecule has 2 aromatic heterocycles. The summed E-state index contributed by atoms with van der Waals surface area (Å²) in [6, 6.07) is 3.57. The van der Waals surface area contributed by atoms with Crippen LogP contribution >= 0.6 is 34.8 Å². The summed E-state index contributed by atoms with van der Waals surface area (Å²) in [4.78, 5) is 25.8. The van der Waals surface area contributed by atoms with Crippen molar-refractivity contribution in [3.63, 3.8) is 0 Å². The zero-order valence-corrected chi connectivity index (χ0v) is 21.2. The molecule has 2 aliphatic rings. The number of nitrogens with zero attached hydrogens (tertiary/aromatic N) is 4. The summed E-state index contributed by atoms with van der Waals surface area (Å²) in [5.41, 5.74) is 7.40. The highest BCUT2D eigenvalue weighted by molar-refractivity contribution is 6.41. The number of halogens is 3. The van der Waals surface area contributed by atoms with Crippen molar-refractivity contribution in [2.75, 3.05) is 23.8 Å². The van der Waals surface area contributed by atoms with Crippen LogP contribution < -0.4 is 16.4 Å². The van der Waals surface area contributed by atoms with E-state index in [-0.39, 0.29) is 23.9 Å². The molecule has 3 heterocycles. The normalized spacial score (nSPS) is 21.2. The number of nitrogens with one attached hydrogen (secondary N) is 2. The lowest BCUT2D eigenvalue weighted by Gasteiger charge is -2.29. The maximum absolute atomic E-state index is 11.7. The molecule has 0 atom stereocenters. The third-order valence-corrected chi connectivity index (χ3v) is 7.51. The molecule has 1 saturated carbocycles. The van der Waals surface area contributed by atoms with Gasteiger partial charge in [-0.3, -0.25) is 9.36 Å². The molecule has 1 aliphatic heterocycles. The number of imidazole rings is 1. The van der Waals surface area contributed by atoms with Crippen LogP contribution in [0.15, 0.2) is 18.3 Å². The molecule has 4 N–H and O–H groups in total. The average molecular weight is 539 g/mol. The highest BCUT2D eigenvalue weighted by Gasteiger charge is 2.29. The number of hydrogen-bond acceptors (Lipinski definition) is 7. The molecule has 186 valence electrons. The molecule has 0 radical (unpaired) electrons. The molecule has 1 aromatic carbocycles. The first-order valence-corrected chi connectivity index (χ1v) is 12.8. The van der Waals surface area contributed by atoms with E-state index in [9.17, 15) is 4.79 Å². The first kappa shape index (κ1) is 24.4. The van der Waals surface area contributed by atoms with Crippen LogP contribution in [0, 0.1) is 5.92 Å². The first-order valence-electron chi connectivity index (χ1n) is 11.7. The Morgan fingerprint density at radius 1 is 1.03 bits per heavy atom. The number of ether oxygens (including phenoxy) is 1. The zero-order chi connectivity index (χ0) is 24.5. The van der Waals surface area contributed by atoms with E-state index < -0.39 is 0 Å². The molecule has 1 aliphatic carbocycles. The second kappa shape index (κ2) is 10.3. The molecular weight excluding hydrogens is 513 g/mol. The monoisotopic (exact) mass is 537 g/mol. The van der Waals surface area contributed by atoms with Crippen LogP contribution in [0.5, 0.6) is 0 Å². The molecule has 35 heavy (non-hydrogen) atoms. The number of fused-ring (bicyclic) bond motifs is 1. The Balaban J connectivity index is 1.52. The van der Waals surface area contributed by atoms with E-state index in [0.29, 0.717) is 56.7 Å². The Hall–Kier alpha value is -2.33. The number of aromatic nitrogens is 4. The van der Waals surface area contributed by atoms with Crippen molar-refractivity contribution in [2.45, 2.75) is 50.6 Å². The van der Waals surface area contributed by atoms with Crippen molar-refractivity contribution in [3.05, 3.63) is 33.4 Å². The molecular formula is C23H26Cl3N7O2. The van der Waals surface area contributed by atoms with Gasteiger partial charge in [-0.1, -0.05) is 34.8 Å². The molecule has 0 spiro atoms. The summed E-state index contributed by atoms with van der Waals surface area (Å²) in [7, 11) is 0. The Morgan fingerprint density at radius 3 is 2.37 bits per heavy atom. The summed E-state index contributed by atoms with van der Waals surface area (Å²) >= 11 is 19.0. The van der Waals surface area contributed by atoms with Crippen molar-refractivity contribution in [1.82, 2.24) is 19.5 Å². The maximum Gasteiger partial charge on any atom is 0.224 e. The van der Waals surface area contributed by atoms with E-state index in [1.807, 2.05) is 0 Å². The lowest BCUT2D eigenvalue weighted by molar-refractivity contribution is -0.122. The van der Waals surface area contributed by atoms with E-state index in [1.165, 1.54) is 0 Å². The molecule has 1 saturated heterocycles. The van der Waals surface area contributed by atoms with Gasteiger partial charge < -0.3 is 21.1 Å². The van der Waals surface area contributed by atoms with Crippen molar-refractivity contribution in [2.24, 2.45) is 11.7 Å². The minimum absolute atomic E-state index is 0.0637. The second-order valence-electron chi connectivity index (χ2n) is 9.02. The number of benzene rings is 1. The van der Waals surface area contributed by atoms with Gasteiger partial charge in [0.15, 0.2) is 5.65 Å². The number of anilines is 3. The number of amides is 1. The number of carbonyl (C=O) groups excluding carboxylic acids is 1. The summed E-state index contributed by atoms with van der Waals surface area (Å²) in [6.45, 7) is 1.44. The Bertz CT molecular complexity index is 1210. The molecule has 0 bridgehead atoms. The molecule has 9 nitrogen and oxygen atoms in total. The van der Waals surface area contributed by atoms with E-state index in [1.54, 1.807) is 18.3 Å². The summed E-state index contributed by atoms with van der Waals surface area (Å²) in [5, 5.41) is 7.92. The maximum atomic E-state index is 11.7. The van der Waals surface area contributed by atoms with Crippen LogP contribution in [0.25, 0.3) is 11.2 Å². The van der Waals surface area contributed by atoms with Crippen molar-refractivity contribution in [3.8, 4) is 0 Å². The van der Waals surface area contributed by atoms with Gasteiger partial charge in [0.2, 0.25) is 17.8 Å². The zero-order valence-electron chi connectivity index (χ0n) is 18.9. The van der Waals surface area contributed by atoms with Gasteiger partial charge in [-0.15, -0.1) is 0 Å². The fraction of sp³-hybridized carbons (Fsp3) is 0.478. The van der Waals surface area contributed by atoms with Crippen LogP contribution in [0.1, 0.15) is 44.6 Å². The minimum Gasteiger partial charge on any atom is -0.381 e. The third kappa shape index (κ3) is 5.28. The van der Waals surface area contributed by atoms with E-state index in [4.69, 9.17) is 55.2 Å². The average Bonchev–Trinajstić information content (AvgIpc) is 3.19. The van der Waals surface area contributed by atoms with Crippen LogP contribution in [-0.2, 0) is 9.53 Å². The fourth-order valence-electron chi connectivity index (χ4n) is 4.81. The predicted molar refractivity (Wildman–Crippen MR) is 138 cm³/mol. The van der Waals surface area contributed by atoms with E-state index in [0.717, 1.165) is 38.9 Å². The molecule has 0 unspecified atom stereocenters. The number of primary amides is 1. The minimum atomic E-state index is -0.248. The summed E-state index contributed by atoms with van der Waals surface area (Å²) in [6.07, 6.45) is 6.47. The van der Waals surface area contributed by atoms with Crippen LogP contribution in [0.2, 0.25) is 15.1 Å². The second-order valence-corrected chi connectivity index (χ2v) is 10.3. The quantitative estimate of drug-likeness (QED) is 0.387. The van der Waals surface area contributed by atoms with Gasteiger partial charge in [-0.05, 0) is 50.7 Å². The third-order valence-electron chi connectivity index (χ3n) is 6.70. The van der Waals surface area contributed by atoms with Crippen molar-refractivity contribution in [1.29, 1.82) is 0 Å². The topological polar surface area (TPSA) is 120 Å². The summed E-state index contributed by atoms with van der Waals surface area (Å²) in [5.74, 6) is 0.733. The van der Waals surface area contributed by atoms with Gasteiger partial charge in [0.25, 0.3) is 0 Å². The van der Waals surface area contributed by atoms with Crippen LogP contribution in [-0.4, -0.2) is 44.7 Å². The molecule has 2 fully saturated rings. The lowest BCUT2D eigenvalue weighted by Crippen LogP contribution is -2.29. The van der Waals surface area contributed by atoms with Crippen LogP contribution in [0.4, 0.5) is 17.6 Å². The number of nitrogens with two attached hydrogens (primary N) is 1. The Morgan fingerprint density at radius 2 is 1.71 bits per heavy atom. The highest BCUT2D eigenvalue weighted by atomic mass is 35.5. The van der Waals surface area contributed by atoms with Gasteiger partial charge >= 0.3 is 0 Å². The molecule has 12 heteroatoms. The number of rotatable bonds is 6. The van der Waals surface area contributed by atoms with Crippen molar-refractivity contribution >= 4 is 69.5 Å². The molecule has 5 rings (SSSR count). The van der Waals surface area contributed by atoms with E-state index in [2.05, 4.69) is 20.2 Å². The van der Waals surface area contributed by atoms with E-state index >= 15 is 0 Å². The predicted octanol–water partition coefficient (Wildman–Crippen LogP) is 5.34. The largest absolute Gasteiger partial charge is 0.381 e. The number of hydrogen-bond donors (Lipinski definition) is 3. The Labute approximate surface area is 217 Å². The molecule has 3 aromatic rings. The van der Waals surface area contributed by atoms with Gasteiger partial charge in [0.05, 0.1) is 21.9 Å². The SMILES string of the molecule is NC(=O)[C@H]1CC[C@H](n2c(Nc3c(Cl)cc(Cl)cc3Cl)nc3cnc(NC4CCOCC4)nc32)CC1. The van der Waals surface area contributed by atoms with Crippen molar-refractivity contribution < 1.29 is 9.53 Å². The van der Waals surface area contributed by atoms with Gasteiger partial charge in [-0.2, -0.15) is 4.98 Å². The lowest BCUT2D eigenvalue weighted by atomic mass is 9.85. The first-order chi connectivity index (χ1) is 16.9. The highest BCUT2D eigenvalue weighted by Crippen LogP contribution is 2.40. The van der Waals surface area contributed by atoms with Gasteiger partial charge in [-0.25, -0.2) is 9.97 Å². The summed E-state index contributed by atoms with van der Waals surface area (Å²) < 4.78 is 7.51. The molecule has 1 amide bonds.